The molecule has 3 aromatic rings. The molecule has 2 aromatic carbocycles. The summed E-state index contributed by atoms with van der Waals surface area (Å²) in [6.07, 6.45) is 0. The Labute approximate surface area is 165 Å². The highest BCUT2D eigenvalue weighted by molar-refractivity contribution is 7.13. The lowest BCUT2D eigenvalue weighted by Crippen LogP contribution is -2.28. The van der Waals surface area contributed by atoms with Gasteiger partial charge in [0.1, 0.15) is 11.5 Å². The lowest BCUT2D eigenvalue weighted by molar-refractivity contribution is 0.0998. The second-order valence-electron chi connectivity index (χ2n) is 5.69. The highest BCUT2D eigenvalue weighted by Gasteiger charge is 2.09. The number of hydrogen-bond donors (Lipinski definition) is 4. The maximum Gasteiger partial charge on any atom is 0.319 e. The summed E-state index contributed by atoms with van der Waals surface area (Å²) in [5, 5.41) is 11.1. The van der Waals surface area contributed by atoms with Crippen molar-refractivity contribution >= 4 is 34.1 Å². The van der Waals surface area contributed by atoms with E-state index in [4.69, 9.17) is 10.5 Å². The number of amides is 3. The number of benzene rings is 2. The molecule has 0 radical (unpaired) electrons. The molecule has 0 unspecified atom stereocenters. The van der Waals surface area contributed by atoms with Crippen LogP contribution in [0.5, 0.6) is 11.5 Å². The highest BCUT2D eigenvalue weighted by Crippen LogP contribution is 2.26. The summed E-state index contributed by atoms with van der Waals surface area (Å²) in [7, 11) is 1.79. The molecule has 28 heavy (non-hydrogen) atoms. The average molecular weight is 397 g/mol. The molecule has 144 valence electrons. The minimum atomic E-state index is -0.562. The SMILES string of the molecule is CNc1nc(CNC(=O)Nc2ccc(Oc3ccccc3C(N)=O)cc2)cs1. The van der Waals surface area contributed by atoms with Crippen LogP contribution in [0.15, 0.2) is 53.9 Å². The van der Waals surface area contributed by atoms with Gasteiger partial charge in [0.05, 0.1) is 17.8 Å². The first kappa shape index (κ1) is 19.2. The van der Waals surface area contributed by atoms with Gasteiger partial charge in [-0.1, -0.05) is 12.1 Å². The van der Waals surface area contributed by atoms with E-state index in [1.54, 1.807) is 55.6 Å². The first-order valence-corrected chi connectivity index (χ1v) is 9.27. The van der Waals surface area contributed by atoms with Crippen molar-refractivity contribution in [2.75, 3.05) is 17.7 Å². The molecule has 0 aliphatic heterocycles. The van der Waals surface area contributed by atoms with Gasteiger partial charge in [0.2, 0.25) is 0 Å². The van der Waals surface area contributed by atoms with Gasteiger partial charge >= 0.3 is 6.03 Å². The molecule has 1 heterocycles. The summed E-state index contributed by atoms with van der Waals surface area (Å²) in [5.74, 6) is 0.326. The zero-order valence-corrected chi connectivity index (χ0v) is 15.9. The molecule has 0 aliphatic rings. The number of rotatable bonds is 7. The Balaban J connectivity index is 1.55. The Kier molecular flexibility index (Phi) is 6.07. The van der Waals surface area contributed by atoms with Gasteiger partial charge in [0.15, 0.2) is 5.13 Å². The van der Waals surface area contributed by atoms with Crippen LogP contribution in [0, 0.1) is 0 Å². The van der Waals surface area contributed by atoms with Crippen LogP contribution in [-0.2, 0) is 6.54 Å². The molecule has 0 saturated heterocycles. The van der Waals surface area contributed by atoms with Crippen molar-refractivity contribution in [3.8, 4) is 11.5 Å². The van der Waals surface area contributed by atoms with E-state index in [9.17, 15) is 9.59 Å². The molecule has 5 N–H and O–H groups in total. The van der Waals surface area contributed by atoms with Gasteiger partial charge in [-0.15, -0.1) is 11.3 Å². The fraction of sp³-hybridized carbons (Fsp3) is 0.105. The fourth-order valence-electron chi connectivity index (χ4n) is 2.34. The van der Waals surface area contributed by atoms with Crippen LogP contribution >= 0.6 is 11.3 Å². The number of primary amides is 1. The lowest BCUT2D eigenvalue weighted by atomic mass is 10.2. The quantitative estimate of drug-likeness (QED) is 0.487. The monoisotopic (exact) mass is 397 g/mol. The van der Waals surface area contributed by atoms with E-state index in [1.165, 1.54) is 11.3 Å². The van der Waals surface area contributed by atoms with Crippen molar-refractivity contribution in [3.05, 3.63) is 65.2 Å². The molecule has 9 heteroatoms. The van der Waals surface area contributed by atoms with Crippen molar-refractivity contribution in [2.24, 2.45) is 5.73 Å². The molecular weight excluding hydrogens is 378 g/mol. The van der Waals surface area contributed by atoms with E-state index in [0.717, 1.165) is 10.8 Å². The van der Waals surface area contributed by atoms with Gasteiger partial charge in [-0.3, -0.25) is 4.79 Å². The molecule has 0 fully saturated rings. The van der Waals surface area contributed by atoms with E-state index < -0.39 is 5.91 Å². The summed E-state index contributed by atoms with van der Waals surface area (Å²) in [4.78, 5) is 27.8. The van der Waals surface area contributed by atoms with Crippen LogP contribution in [0.25, 0.3) is 0 Å². The fourth-order valence-corrected chi connectivity index (χ4v) is 3.01. The molecular formula is C19H19N5O3S. The number of nitrogens with one attached hydrogen (secondary N) is 3. The summed E-state index contributed by atoms with van der Waals surface area (Å²) in [5.41, 5.74) is 7.02. The third-order valence-corrected chi connectivity index (χ3v) is 4.60. The average Bonchev–Trinajstić information content (AvgIpc) is 3.16. The van der Waals surface area contributed by atoms with Gasteiger partial charge in [-0.2, -0.15) is 0 Å². The Morgan fingerprint density at radius 1 is 1.14 bits per heavy atom. The van der Waals surface area contributed by atoms with E-state index in [0.29, 0.717) is 29.3 Å². The molecule has 0 saturated carbocycles. The van der Waals surface area contributed by atoms with Crippen LogP contribution in [0.2, 0.25) is 0 Å². The summed E-state index contributed by atoms with van der Waals surface area (Å²) in [6.45, 7) is 0.328. The zero-order valence-electron chi connectivity index (χ0n) is 15.1. The van der Waals surface area contributed by atoms with Gasteiger partial charge in [-0.25, -0.2) is 9.78 Å². The number of thiazole rings is 1. The minimum Gasteiger partial charge on any atom is -0.457 e. The molecule has 1 aromatic heterocycles. The normalized spacial score (nSPS) is 10.2. The number of nitrogens with two attached hydrogens (primary N) is 1. The number of carbonyl (C=O) groups is 2. The summed E-state index contributed by atoms with van der Waals surface area (Å²) < 4.78 is 5.71. The second kappa shape index (κ2) is 8.87. The van der Waals surface area contributed by atoms with Crippen molar-refractivity contribution < 1.29 is 14.3 Å². The van der Waals surface area contributed by atoms with E-state index in [-0.39, 0.29) is 6.03 Å². The largest absolute Gasteiger partial charge is 0.457 e. The number of urea groups is 1. The van der Waals surface area contributed by atoms with Crippen molar-refractivity contribution in [3.63, 3.8) is 0 Å². The topological polar surface area (TPSA) is 118 Å². The molecule has 8 nitrogen and oxygen atoms in total. The highest BCUT2D eigenvalue weighted by atomic mass is 32.1. The number of ether oxygens (including phenoxy) is 1. The Hall–Kier alpha value is -3.59. The molecule has 0 spiro atoms. The summed E-state index contributed by atoms with van der Waals surface area (Å²) >= 11 is 1.47. The van der Waals surface area contributed by atoms with Crippen LogP contribution in [0.4, 0.5) is 15.6 Å². The predicted octanol–water partition coefficient (Wildman–Crippen LogP) is 3.40. The van der Waals surface area contributed by atoms with Crippen molar-refractivity contribution in [1.29, 1.82) is 0 Å². The number of nitrogens with zero attached hydrogens (tertiary/aromatic N) is 1. The van der Waals surface area contributed by atoms with E-state index >= 15 is 0 Å². The maximum atomic E-state index is 12.0. The molecule has 0 atom stereocenters. The molecule has 3 amide bonds. The number of carbonyl (C=O) groups excluding carboxylic acids is 2. The van der Waals surface area contributed by atoms with Crippen LogP contribution in [0.1, 0.15) is 16.1 Å². The third kappa shape index (κ3) is 4.98. The molecule has 0 bridgehead atoms. The van der Waals surface area contributed by atoms with Crippen molar-refractivity contribution in [2.45, 2.75) is 6.54 Å². The first-order valence-electron chi connectivity index (χ1n) is 8.39. The summed E-state index contributed by atoms with van der Waals surface area (Å²) in [6, 6.07) is 13.2. The van der Waals surface area contributed by atoms with Gasteiger partial charge in [0, 0.05) is 18.1 Å². The number of anilines is 2. The standard InChI is InChI=1S/C19H19N5O3S/c1-21-19-24-13(11-28-19)10-22-18(26)23-12-6-8-14(9-7-12)27-16-5-3-2-4-15(16)17(20)25/h2-9,11H,10H2,1H3,(H2,20,25)(H,21,24)(H2,22,23,26). The second-order valence-corrected chi connectivity index (χ2v) is 6.55. The maximum absolute atomic E-state index is 12.0. The van der Waals surface area contributed by atoms with E-state index in [2.05, 4.69) is 20.9 Å². The minimum absolute atomic E-state index is 0.299. The third-order valence-electron chi connectivity index (χ3n) is 3.69. The predicted molar refractivity (Wildman–Crippen MR) is 109 cm³/mol. The zero-order chi connectivity index (χ0) is 19.9. The van der Waals surface area contributed by atoms with Crippen molar-refractivity contribution in [1.82, 2.24) is 10.3 Å². The van der Waals surface area contributed by atoms with Gasteiger partial charge in [-0.05, 0) is 36.4 Å². The van der Waals surface area contributed by atoms with Gasteiger partial charge in [0.25, 0.3) is 5.91 Å². The van der Waals surface area contributed by atoms with Crippen LogP contribution < -0.4 is 26.4 Å². The smallest absolute Gasteiger partial charge is 0.319 e. The first-order chi connectivity index (χ1) is 13.5. The van der Waals surface area contributed by atoms with E-state index in [1.807, 2.05) is 5.38 Å². The van der Waals surface area contributed by atoms with Crippen LogP contribution in [-0.4, -0.2) is 24.0 Å². The Morgan fingerprint density at radius 3 is 2.57 bits per heavy atom. The Morgan fingerprint density at radius 2 is 1.89 bits per heavy atom. The van der Waals surface area contributed by atoms with Crippen LogP contribution in [0.3, 0.4) is 0 Å². The van der Waals surface area contributed by atoms with Gasteiger partial charge < -0.3 is 26.4 Å². The molecule has 0 aliphatic carbocycles. The number of para-hydroxylation sites is 1. The lowest BCUT2D eigenvalue weighted by Gasteiger charge is -2.10. The Bertz CT molecular complexity index is 972. The molecule has 3 rings (SSSR count). The number of aromatic nitrogens is 1. The number of hydrogen-bond acceptors (Lipinski definition) is 6.